The summed E-state index contributed by atoms with van der Waals surface area (Å²) in [5, 5.41) is 2.71. The Morgan fingerprint density at radius 3 is 2.90 bits per heavy atom. The Morgan fingerprint density at radius 1 is 1.34 bits per heavy atom. The van der Waals surface area contributed by atoms with E-state index in [2.05, 4.69) is 20.3 Å². The Kier molecular flexibility index (Phi) is 5.18. The molecule has 0 bridgehead atoms. The average molecular weight is 414 g/mol. The van der Waals surface area contributed by atoms with Gasteiger partial charge in [0.15, 0.2) is 0 Å². The number of methoxy groups -OCH3 is 1. The van der Waals surface area contributed by atoms with Crippen molar-refractivity contribution < 1.29 is 13.7 Å². The molecule has 152 valence electrons. The number of carbonyl (C=O) groups is 1. The first-order chi connectivity index (χ1) is 14.0. The molecule has 3 atom stereocenters. The number of aromatic nitrogens is 2. The summed E-state index contributed by atoms with van der Waals surface area (Å²) in [6.07, 6.45) is 5.35. The van der Waals surface area contributed by atoms with Crippen molar-refractivity contribution in [2.24, 2.45) is 10.7 Å². The highest BCUT2D eigenvalue weighted by atomic mass is 32.2. The van der Waals surface area contributed by atoms with E-state index in [4.69, 9.17) is 10.5 Å². The van der Waals surface area contributed by atoms with Gasteiger partial charge >= 0.3 is 0 Å². The number of guanidine groups is 1. The van der Waals surface area contributed by atoms with Crippen LogP contribution in [0.5, 0.6) is 5.88 Å². The normalized spacial score (nSPS) is 23.3. The zero-order valence-electron chi connectivity index (χ0n) is 16.2. The molecule has 9 nitrogen and oxygen atoms in total. The minimum atomic E-state index is -1.24. The molecule has 0 spiro atoms. The Balaban J connectivity index is 1.63. The molecule has 1 aromatic carbocycles. The minimum absolute atomic E-state index is 0.132. The lowest BCUT2D eigenvalue weighted by Crippen LogP contribution is -2.46. The Bertz CT molecular complexity index is 994. The molecule has 0 fully saturated rings. The highest BCUT2D eigenvalue weighted by molar-refractivity contribution is 7.84. The van der Waals surface area contributed by atoms with Gasteiger partial charge in [-0.1, -0.05) is 6.07 Å². The summed E-state index contributed by atoms with van der Waals surface area (Å²) in [6, 6.07) is 5.45. The van der Waals surface area contributed by atoms with Crippen molar-refractivity contribution in [2.75, 3.05) is 19.5 Å². The molecule has 0 saturated carbocycles. The van der Waals surface area contributed by atoms with Crippen molar-refractivity contribution in [1.29, 1.82) is 0 Å². The fraction of sp³-hybridized carbons (Fsp3) is 0.368. The maximum absolute atomic E-state index is 12.8. The van der Waals surface area contributed by atoms with E-state index in [9.17, 15) is 9.00 Å². The third kappa shape index (κ3) is 3.67. The topological polar surface area (TPSA) is 123 Å². The average Bonchev–Trinajstić information content (AvgIpc) is 2.91. The molecule has 0 radical (unpaired) electrons. The number of anilines is 1. The molecular formula is C19H22N6O3S. The maximum Gasteiger partial charge on any atom is 0.275 e. The molecular weight excluding hydrogens is 392 g/mol. The zero-order chi connectivity index (χ0) is 20.5. The van der Waals surface area contributed by atoms with Gasteiger partial charge < -0.3 is 15.8 Å². The predicted octanol–water partition coefficient (Wildman–Crippen LogP) is 1.41. The van der Waals surface area contributed by atoms with Crippen molar-refractivity contribution in [2.45, 2.75) is 30.6 Å². The van der Waals surface area contributed by atoms with Crippen LogP contribution in [-0.4, -0.2) is 49.8 Å². The van der Waals surface area contributed by atoms with Gasteiger partial charge in [-0.2, -0.15) is 0 Å². The number of nitrogens with one attached hydrogen (secondary N) is 1. The van der Waals surface area contributed by atoms with Crippen LogP contribution in [0.4, 0.5) is 5.69 Å². The van der Waals surface area contributed by atoms with Crippen LogP contribution in [0, 0.1) is 0 Å². The summed E-state index contributed by atoms with van der Waals surface area (Å²) < 4.78 is 19.3. The van der Waals surface area contributed by atoms with Gasteiger partial charge in [0, 0.05) is 12.7 Å². The number of ether oxygens (including phenoxy) is 1. The number of fused-ring (bicyclic) bond motifs is 3. The first-order valence-corrected chi connectivity index (χ1v) is 10.4. The number of nitrogens with zero attached hydrogens (tertiary/aromatic N) is 4. The van der Waals surface area contributed by atoms with Gasteiger partial charge in [-0.15, -0.1) is 0 Å². The van der Waals surface area contributed by atoms with E-state index < -0.39 is 11.0 Å². The number of hydrogen-bond donors (Lipinski definition) is 2. The van der Waals surface area contributed by atoms with Crippen LogP contribution in [0.25, 0.3) is 0 Å². The van der Waals surface area contributed by atoms with E-state index in [0.717, 1.165) is 30.4 Å². The zero-order valence-corrected chi connectivity index (χ0v) is 17.0. The van der Waals surface area contributed by atoms with E-state index in [1.807, 2.05) is 18.2 Å². The molecule has 1 aliphatic heterocycles. The van der Waals surface area contributed by atoms with Crippen molar-refractivity contribution >= 4 is 28.5 Å². The standard InChI is InChI=1S/C19H22N6O3S/c1-25-19(20)24-17-13-8-12(7-6-11(13)4-3-5-15(17)29(25)27)23-18(26)14-9-22-16(28-2)10-21-14/h6-10,15,17H,3-5H2,1-2H3,(H2,20,24)(H,23,26). The van der Waals surface area contributed by atoms with E-state index in [1.54, 1.807) is 7.05 Å². The lowest BCUT2D eigenvalue weighted by atomic mass is 9.98. The predicted molar refractivity (Wildman–Crippen MR) is 110 cm³/mol. The molecule has 1 aliphatic carbocycles. The first-order valence-electron chi connectivity index (χ1n) is 9.26. The fourth-order valence-electron chi connectivity index (χ4n) is 3.64. The third-order valence-electron chi connectivity index (χ3n) is 5.20. The number of aliphatic imine (C=N–C) groups is 1. The number of carbonyl (C=O) groups excluding carboxylic acids is 1. The van der Waals surface area contributed by atoms with Gasteiger partial charge in [0.25, 0.3) is 5.91 Å². The molecule has 2 aliphatic rings. The number of benzene rings is 1. The van der Waals surface area contributed by atoms with Crippen molar-refractivity contribution in [1.82, 2.24) is 14.3 Å². The molecule has 4 rings (SSSR count). The van der Waals surface area contributed by atoms with Crippen LogP contribution in [0.15, 0.2) is 35.6 Å². The first kappa shape index (κ1) is 19.3. The SMILES string of the molecule is COc1cnc(C(=O)Nc2ccc3c(c2)C2N=C(N)N(C)S(=O)C2CCC3)cn1. The minimum Gasteiger partial charge on any atom is -0.480 e. The molecule has 3 N–H and O–H groups in total. The summed E-state index contributed by atoms with van der Waals surface area (Å²) in [4.78, 5) is 25.2. The van der Waals surface area contributed by atoms with Crippen LogP contribution in [0.2, 0.25) is 0 Å². The van der Waals surface area contributed by atoms with Crippen molar-refractivity contribution in [3.8, 4) is 5.88 Å². The monoisotopic (exact) mass is 414 g/mol. The number of aryl methyl sites for hydroxylation is 1. The van der Waals surface area contributed by atoms with Gasteiger partial charge in [0.05, 0.1) is 30.8 Å². The van der Waals surface area contributed by atoms with Crippen LogP contribution in [0.1, 0.15) is 40.5 Å². The van der Waals surface area contributed by atoms with E-state index in [1.165, 1.54) is 23.8 Å². The number of rotatable bonds is 3. The summed E-state index contributed by atoms with van der Waals surface area (Å²) in [5.74, 6) is 0.226. The number of nitrogens with two attached hydrogens (primary N) is 1. The molecule has 10 heteroatoms. The largest absolute Gasteiger partial charge is 0.480 e. The van der Waals surface area contributed by atoms with Gasteiger partial charge in [-0.05, 0) is 42.5 Å². The highest BCUT2D eigenvalue weighted by Crippen LogP contribution is 2.38. The van der Waals surface area contributed by atoms with Gasteiger partial charge in [-0.3, -0.25) is 9.10 Å². The third-order valence-corrected chi connectivity index (χ3v) is 6.94. The fourth-order valence-corrected chi connectivity index (χ4v) is 5.08. The number of amides is 1. The van der Waals surface area contributed by atoms with Crippen LogP contribution >= 0.6 is 0 Å². The molecule has 1 aromatic heterocycles. The summed E-state index contributed by atoms with van der Waals surface area (Å²) in [5.41, 5.74) is 8.88. The molecule has 0 saturated heterocycles. The molecule has 2 heterocycles. The summed E-state index contributed by atoms with van der Waals surface area (Å²) >= 11 is 0. The second-order valence-electron chi connectivity index (χ2n) is 6.95. The second kappa shape index (κ2) is 7.78. The van der Waals surface area contributed by atoms with E-state index in [0.29, 0.717) is 11.6 Å². The van der Waals surface area contributed by atoms with E-state index in [-0.39, 0.29) is 28.9 Å². The van der Waals surface area contributed by atoms with Crippen LogP contribution in [0.3, 0.4) is 0 Å². The molecule has 29 heavy (non-hydrogen) atoms. The molecule has 1 amide bonds. The smallest absolute Gasteiger partial charge is 0.275 e. The van der Waals surface area contributed by atoms with Gasteiger partial charge in [-0.25, -0.2) is 19.2 Å². The second-order valence-corrected chi connectivity index (χ2v) is 8.65. The Morgan fingerprint density at radius 2 is 2.17 bits per heavy atom. The lowest BCUT2D eigenvalue weighted by Gasteiger charge is -2.33. The van der Waals surface area contributed by atoms with E-state index >= 15 is 0 Å². The van der Waals surface area contributed by atoms with Crippen LogP contribution in [-0.2, 0) is 17.4 Å². The quantitative estimate of drug-likeness (QED) is 0.783. The highest BCUT2D eigenvalue weighted by Gasteiger charge is 2.38. The van der Waals surface area contributed by atoms with Gasteiger partial charge in [0.1, 0.15) is 16.7 Å². The Labute approximate surface area is 171 Å². The summed E-state index contributed by atoms with van der Waals surface area (Å²) in [7, 11) is 1.94. The van der Waals surface area contributed by atoms with Crippen molar-refractivity contribution in [3.05, 3.63) is 47.4 Å². The molecule has 2 aromatic rings. The maximum atomic E-state index is 12.8. The van der Waals surface area contributed by atoms with Gasteiger partial charge in [0.2, 0.25) is 11.8 Å². The Hall–Kier alpha value is -3.01. The molecule has 3 unspecified atom stereocenters. The summed E-state index contributed by atoms with van der Waals surface area (Å²) in [6.45, 7) is 0. The van der Waals surface area contributed by atoms with Crippen LogP contribution < -0.4 is 15.8 Å². The lowest BCUT2D eigenvalue weighted by molar-refractivity contribution is 0.102. The number of hydrogen-bond acceptors (Lipinski definition) is 7. The van der Waals surface area contributed by atoms with Crippen molar-refractivity contribution in [3.63, 3.8) is 0 Å².